The van der Waals surface area contributed by atoms with Crippen molar-refractivity contribution in [3.63, 3.8) is 0 Å². The lowest BCUT2D eigenvalue weighted by molar-refractivity contribution is -0.122. The number of amides is 1. The molecular weight excluding hydrogens is 186 g/mol. The molecule has 0 spiro atoms. The maximum absolute atomic E-state index is 11.5. The third-order valence-corrected chi connectivity index (χ3v) is 5.45. The van der Waals surface area contributed by atoms with Crippen LogP contribution >= 0.6 is 0 Å². The molecular formula is C13H23NO. The summed E-state index contributed by atoms with van der Waals surface area (Å²) in [7, 11) is 0. The minimum Gasteiger partial charge on any atom is -0.353 e. The Kier molecular flexibility index (Phi) is 2.36. The van der Waals surface area contributed by atoms with E-state index < -0.39 is 0 Å². The van der Waals surface area contributed by atoms with Gasteiger partial charge in [0.15, 0.2) is 0 Å². The summed E-state index contributed by atoms with van der Waals surface area (Å²) in [4.78, 5) is 11.5. The van der Waals surface area contributed by atoms with Crippen LogP contribution in [0.15, 0.2) is 0 Å². The molecule has 1 N–H and O–H groups in total. The van der Waals surface area contributed by atoms with Crippen molar-refractivity contribution >= 4 is 5.91 Å². The lowest BCUT2D eigenvalue weighted by Gasteiger charge is -2.39. The second kappa shape index (κ2) is 3.23. The zero-order valence-electron chi connectivity index (χ0n) is 10.4. The number of hydrogen-bond acceptors (Lipinski definition) is 1. The minimum atomic E-state index is 0.213. The highest BCUT2D eigenvalue weighted by atomic mass is 16.1. The van der Waals surface area contributed by atoms with Crippen molar-refractivity contribution in [2.75, 3.05) is 0 Å². The number of fused-ring (bicyclic) bond motifs is 2. The van der Waals surface area contributed by atoms with Gasteiger partial charge in [-0.1, -0.05) is 27.7 Å². The third kappa shape index (κ3) is 1.33. The Morgan fingerprint density at radius 3 is 2.47 bits per heavy atom. The second-order valence-electron chi connectivity index (χ2n) is 6.08. The Hall–Kier alpha value is -0.530. The summed E-state index contributed by atoms with van der Waals surface area (Å²) < 4.78 is 0. The fourth-order valence-corrected chi connectivity index (χ4v) is 3.72. The number of carbonyl (C=O) groups excluding carboxylic acids is 1. The Morgan fingerprint density at radius 2 is 2.07 bits per heavy atom. The average molecular weight is 209 g/mol. The van der Waals surface area contributed by atoms with Crippen molar-refractivity contribution in [3.8, 4) is 0 Å². The summed E-state index contributed by atoms with van der Waals surface area (Å²) in [6, 6.07) is 0.415. The van der Waals surface area contributed by atoms with Gasteiger partial charge in [0.05, 0.1) is 0 Å². The lowest BCUT2D eigenvalue weighted by Crippen LogP contribution is -2.46. The number of carbonyl (C=O) groups is 1. The van der Waals surface area contributed by atoms with Gasteiger partial charge < -0.3 is 5.32 Å². The maximum Gasteiger partial charge on any atom is 0.219 e. The van der Waals surface area contributed by atoms with Gasteiger partial charge in [-0.3, -0.25) is 4.79 Å². The van der Waals surface area contributed by atoms with Crippen LogP contribution in [0.1, 0.15) is 53.4 Å². The van der Waals surface area contributed by atoms with Crippen LogP contribution in [0.4, 0.5) is 0 Å². The smallest absolute Gasteiger partial charge is 0.219 e. The van der Waals surface area contributed by atoms with Crippen LogP contribution in [-0.4, -0.2) is 11.9 Å². The zero-order valence-corrected chi connectivity index (χ0v) is 10.4. The van der Waals surface area contributed by atoms with Crippen LogP contribution in [0.25, 0.3) is 0 Å². The molecule has 1 amide bonds. The van der Waals surface area contributed by atoms with Crippen LogP contribution in [0.3, 0.4) is 0 Å². The first-order valence-corrected chi connectivity index (χ1v) is 6.21. The Bertz CT molecular complexity index is 284. The predicted molar refractivity (Wildman–Crippen MR) is 61.5 cm³/mol. The second-order valence-corrected chi connectivity index (χ2v) is 6.08. The van der Waals surface area contributed by atoms with E-state index in [0.29, 0.717) is 23.3 Å². The van der Waals surface area contributed by atoms with E-state index in [2.05, 4.69) is 26.1 Å². The molecule has 0 aromatic heterocycles. The fraction of sp³-hybridized carbons (Fsp3) is 0.923. The SMILES string of the molecule is CCC(=O)NC1CC2CCC1(C)C2(C)C. The van der Waals surface area contributed by atoms with E-state index >= 15 is 0 Å². The highest BCUT2D eigenvalue weighted by Gasteiger charge is 2.61. The molecule has 2 heteroatoms. The molecule has 0 saturated heterocycles. The van der Waals surface area contributed by atoms with E-state index in [4.69, 9.17) is 0 Å². The maximum atomic E-state index is 11.5. The highest BCUT2D eigenvalue weighted by Crippen LogP contribution is 2.65. The normalized spacial score (nSPS) is 41.9. The van der Waals surface area contributed by atoms with Crippen LogP contribution in [0.5, 0.6) is 0 Å². The summed E-state index contributed by atoms with van der Waals surface area (Å²) in [5.74, 6) is 1.02. The summed E-state index contributed by atoms with van der Waals surface area (Å²) >= 11 is 0. The van der Waals surface area contributed by atoms with Gasteiger partial charge in [-0.25, -0.2) is 0 Å². The van der Waals surface area contributed by atoms with Gasteiger partial charge in [0.1, 0.15) is 0 Å². The van der Waals surface area contributed by atoms with E-state index in [1.807, 2.05) is 6.92 Å². The molecule has 2 saturated carbocycles. The largest absolute Gasteiger partial charge is 0.353 e. The van der Waals surface area contributed by atoms with Crippen molar-refractivity contribution in [1.29, 1.82) is 0 Å². The molecule has 3 atom stereocenters. The molecule has 15 heavy (non-hydrogen) atoms. The first-order valence-electron chi connectivity index (χ1n) is 6.21. The molecule has 2 aliphatic carbocycles. The van der Waals surface area contributed by atoms with E-state index in [0.717, 1.165) is 5.92 Å². The Morgan fingerprint density at radius 1 is 1.40 bits per heavy atom. The van der Waals surface area contributed by atoms with Gasteiger partial charge in [0.2, 0.25) is 5.91 Å². The number of hydrogen-bond donors (Lipinski definition) is 1. The van der Waals surface area contributed by atoms with Gasteiger partial charge in [0, 0.05) is 12.5 Å². The molecule has 0 heterocycles. The monoisotopic (exact) mass is 209 g/mol. The average Bonchev–Trinajstić information content (AvgIpc) is 2.50. The van der Waals surface area contributed by atoms with Crippen molar-refractivity contribution in [1.82, 2.24) is 5.32 Å². The molecule has 0 radical (unpaired) electrons. The van der Waals surface area contributed by atoms with E-state index in [-0.39, 0.29) is 5.91 Å². The Labute approximate surface area is 92.8 Å². The molecule has 3 unspecified atom stereocenters. The molecule has 2 aliphatic rings. The molecule has 86 valence electrons. The number of nitrogens with one attached hydrogen (secondary N) is 1. The molecule has 2 fully saturated rings. The van der Waals surface area contributed by atoms with Crippen molar-refractivity contribution in [2.45, 2.75) is 59.4 Å². The summed E-state index contributed by atoms with van der Waals surface area (Å²) in [5.41, 5.74) is 0.723. The third-order valence-electron chi connectivity index (χ3n) is 5.45. The highest BCUT2D eigenvalue weighted by molar-refractivity contribution is 5.76. The summed E-state index contributed by atoms with van der Waals surface area (Å²) in [6.45, 7) is 9.04. The van der Waals surface area contributed by atoms with Gasteiger partial charge >= 0.3 is 0 Å². The van der Waals surface area contributed by atoms with E-state index in [9.17, 15) is 4.79 Å². The molecule has 2 rings (SSSR count). The summed E-state index contributed by atoms with van der Waals surface area (Å²) in [6.07, 6.45) is 4.42. The van der Waals surface area contributed by atoms with Gasteiger partial charge in [-0.2, -0.15) is 0 Å². The van der Waals surface area contributed by atoms with Crippen molar-refractivity contribution in [2.24, 2.45) is 16.7 Å². The lowest BCUT2D eigenvalue weighted by atomic mass is 9.69. The van der Waals surface area contributed by atoms with Gasteiger partial charge in [-0.05, 0) is 36.0 Å². The van der Waals surface area contributed by atoms with Gasteiger partial charge in [-0.15, -0.1) is 0 Å². The van der Waals surface area contributed by atoms with Crippen LogP contribution in [0.2, 0.25) is 0 Å². The summed E-state index contributed by atoms with van der Waals surface area (Å²) in [5, 5.41) is 3.22. The van der Waals surface area contributed by atoms with Crippen LogP contribution in [-0.2, 0) is 4.79 Å². The first-order chi connectivity index (χ1) is 6.91. The minimum absolute atomic E-state index is 0.213. The van der Waals surface area contributed by atoms with Crippen molar-refractivity contribution in [3.05, 3.63) is 0 Å². The van der Waals surface area contributed by atoms with Gasteiger partial charge in [0.25, 0.3) is 0 Å². The fourth-order valence-electron chi connectivity index (χ4n) is 3.72. The molecule has 2 nitrogen and oxygen atoms in total. The van der Waals surface area contributed by atoms with Crippen molar-refractivity contribution < 1.29 is 4.79 Å². The quantitative estimate of drug-likeness (QED) is 0.744. The Balaban J connectivity index is 2.15. The molecule has 0 aliphatic heterocycles. The molecule has 0 aromatic rings. The van der Waals surface area contributed by atoms with E-state index in [1.54, 1.807) is 0 Å². The standard InChI is InChI=1S/C13H23NO/c1-5-11(15)14-10-8-9-6-7-13(10,4)12(9,2)3/h9-10H,5-8H2,1-4H3,(H,14,15). The molecule has 0 aromatic carbocycles. The first kappa shape index (κ1) is 11.0. The van der Waals surface area contributed by atoms with Crippen LogP contribution in [0, 0.1) is 16.7 Å². The number of rotatable bonds is 2. The predicted octanol–water partition coefficient (Wildman–Crippen LogP) is 2.73. The zero-order chi connectivity index (χ0) is 11.3. The topological polar surface area (TPSA) is 29.1 Å². The van der Waals surface area contributed by atoms with Crippen LogP contribution < -0.4 is 5.32 Å². The molecule has 2 bridgehead atoms. The van der Waals surface area contributed by atoms with E-state index in [1.165, 1.54) is 19.3 Å².